The van der Waals surface area contributed by atoms with E-state index >= 15 is 0 Å². The van der Waals surface area contributed by atoms with Crippen molar-refractivity contribution in [2.24, 2.45) is 0 Å². The lowest BCUT2D eigenvalue weighted by Gasteiger charge is -2.33. The number of unbranched alkanes of at least 4 members (excludes halogenated alkanes) is 1. The normalized spacial score (nSPS) is 12.3. The fourth-order valence-electron chi connectivity index (χ4n) is 3.31. The SMILES string of the molecule is CCCCNC(=O)[C@@H](C)N(Cc1ccc(Cl)cc1Cl)C(=O)CN(c1ccccc1F)S(=O)(=O)N(C)C. The molecule has 1 N–H and O–H groups in total. The van der Waals surface area contributed by atoms with E-state index in [4.69, 9.17) is 23.2 Å². The van der Waals surface area contributed by atoms with E-state index < -0.39 is 40.4 Å². The van der Waals surface area contributed by atoms with Crippen molar-refractivity contribution in [3.05, 3.63) is 63.9 Å². The second-order valence-corrected chi connectivity index (χ2v) is 11.2. The van der Waals surface area contributed by atoms with Crippen molar-refractivity contribution < 1.29 is 22.4 Å². The number of anilines is 1. The highest BCUT2D eigenvalue weighted by Crippen LogP contribution is 2.26. The standard InChI is InChI=1S/C24H31Cl2FN4O4S/c1-5-6-13-28-24(33)17(2)30(15-18-11-12-19(25)14-20(18)26)23(32)16-31(36(34,35)29(3)4)22-10-8-7-9-21(22)27/h7-12,14,17H,5-6,13,15-16H2,1-4H3,(H,28,33)/t17-/m1/s1. The van der Waals surface area contributed by atoms with Crippen LogP contribution in [0.2, 0.25) is 10.0 Å². The van der Waals surface area contributed by atoms with Gasteiger partial charge in [-0.15, -0.1) is 0 Å². The van der Waals surface area contributed by atoms with E-state index in [1.165, 1.54) is 50.2 Å². The molecule has 8 nitrogen and oxygen atoms in total. The smallest absolute Gasteiger partial charge is 0.304 e. The molecule has 2 aromatic rings. The largest absolute Gasteiger partial charge is 0.354 e. The first-order valence-corrected chi connectivity index (χ1v) is 13.5. The van der Waals surface area contributed by atoms with Gasteiger partial charge in [0.25, 0.3) is 0 Å². The summed E-state index contributed by atoms with van der Waals surface area (Å²) in [4.78, 5) is 27.7. The van der Waals surface area contributed by atoms with Crippen LogP contribution in [-0.2, 0) is 26.3 Å². The number of hydrogen-bond acceptors (Lipinski definition) is 4. The van der Waals surface area contributed by atoms with E-state index in [9.17, 15) is 22.4 Å². The van der Waals surface area contributed by atoms with Crippen LogP contribution < -0.4 is 9.62 Å². The topological polar surface area (TPSA) is 90.0 Å². The number of carbonyl (C=O) groups excluding carboxylic acids is 2. The number of halogens is 3. The van der Waals surface area contributed by atoms with Gasteiger partial charge >= 0.3 is 10.2 Å². The van der Waals surface area contributed by atoms with E-state index in [1.807, 2.05) is 6.92 Å². The number of hydrogen-bond donors (Lipinski definition) is 1. The molecule has 1 atom stereocenters. The van der Waals surface area contributed by atoms with Gasteiger partial charge in [-0.2, -0.15) is 12.7 Å². The third-order valence-electron chi connectivity index (χ3n) is 5.49. The predicted molar refractivity (Wildman–Crippen MR) is 141 cm³/mol. The number of carbonyl (C=O) groups is 2. The lowest BCUT2D eigenvalue weighted by Crippen LogP contribution is -2.52. The van der Waals surface area contributed by atoms with Crippen molar-refractivity contribution in [1.29, 1.82) is 0 Å². The molecular weight excluding hydrogens is 530 g/mol. The average molecular weight is 562 g/mol. The van der Waals surface area contributed by atoms with E-state index in [-0.39, 0.29) is 17.3 Å². The number of rotatable bonds is 12. The molecule has 0 heterocycles. The molecule has 12 heteroatoms. The minimum absolute atomic E-state index is 0.0929. The molecule has 0 aliphatic carbocycles. The number of para-hydroxylation sites is 1. The molecule has 0 saturated heterocycles. The summed E-state index contributed by atoms with van der Waals surface area (Å²) in [6.45, 7) is 3.12. The Balaban J connectivity index is 2.47. The Kier molecular flexibility index (Phi) is 11.0. The first kappa shape index (κ1) is 29.8. The average Bonchev–Trinajstić information content (AvgIpc) is 2.82. The Morgan fingerprint density at radius 1 is 1.11 bits per heavy atom. The molecule has 0 aliphatic rings. The summed E-state index contributed by atoms with van der Waals surface area (Å²) >= 11 is 12.3. The van der Waals surface area contributed by atoms with Gasteiger partial charge in [-0.3, -0.25) is 9.59 Å². The van der Waals surface area contributed by atoms with Gasteiger partial charge in [-0.05, 0) is 43.2 Å². The molecule has 0 aromatic heterocycles. The molecule has 0 aliphatic heterocycles. The third kappa shape index (κ3) is 7.55. The molecule has 36 heavy (non-hydrogen) atoms. The number of amides is 2. The molecule has 0 radical (unpaired) electrons. The molecule has 0 saturated carbocycles. The molecule has 2 amide bonds. The van der Waals surface area contributed by atoms with Crippen LogP contribution >= 0.6 is 23.2 Å². The molecule has 198 valence electrons. The van der Waals surface area contributed by atoms with Crippen LogP contribution in [-0.4, -0.2) is 62.7 Å². The van der Waals surface area contributed by atoms with Gasteiger partial charge in [-0.25, -0.2) is 8.70 Å². The number of nitrogens with one attached hydrogen (secondary N) is 1. The van der Waals surface area contributed by atoms with E-state index in [1.54, 1.807) is 12.1 Å². The van der Waals surface area contributed by atoms with Crippen molar-refractivity contribution in [1.82, 2.24) is 14.5 Å². The van der Waals surface area contributed by atoms with Crippen LogP contribution in [0.15, 0.2) is 42.5 Å². The number of benzene rings is 2. The van der Waals surface area contributed by atoms with Gasteiger partial charge in [-0.1, -0.05) is 54.7 Å². The summed E-state index contributed by atoms with van der Waals surface area (Å²) in [5.41, 5.74) is 0.222. The van der Waals surface area contributed by atoms with Gasteiger partial charge in [0.1, 0.15) is 18.4 Å². The zero-order valence-electron chi connectivity index (χ0n) is 20.7. The number of nitrogens with zero attached hydrogens (tertiary/aromatic N) is 3. The Labute approximate surface area is 222 Å². The summed E-state index contributed by atoms with van der Waals surface area (Å²) in [6.07, 6.45) is 1.63. The molecule has 0 spiro atoms. The maximum Gasteiger partial charge on any atom is 0.304 e. The van der Waals surface area contributed by atoms with Gasteiger partial charge < -0.3 is 10.2 Å². The van der Waals surface area contributed by atoms with E-state index in [0.29, 0.717) is 21.4 Å². The Hall–Kier alpha value is -2.40. The molecule has 0 fully saturated rings. The van der Waals surface area contributed by atoms with Crippen LogP contribution in [0.1, 0.15) is 32.3 Å². The van der Waals surface area contributed by atoms with Crippen molar-refractivity contribution in [3.63, 3.8) is 0 Å². The lowest BCUT2D eigenvalue weighted by molar-refractivity contribution is -0.139. The van der Waals surface area contributed by atoms with Crippen LogP contribution in [0.4, 0.5) is 10.1 Å². The van der Waals surface area contributed by atoms with Crippen molar-refractivity contribution >= 4 is 50.9 Å². The van der Waals surface area contributed by atoms with Crippen molar-refractivity contribution in [2.75, 3.05) is 31.5 Å². The molecule has 2 rings (SSSR count). The summed E-state index contributed by atoms with van der Waals surface area (Å²) in [5, 5.41) is 3.46. The minimum Gasteiger partial charge on any atom is -0.354 e. The minimum atomic E-state index is -4.26. The highest BCUT2D eigenvalue weighted by atomic mass is 35.5. The third-order valence-corrected chi connectivity index (χ3v) is 7.89. The van der Waals surface area contributed by atoms with Crippen LogP contribution in [0.5, 0.6) is 0 Å². The van der Waals surface area contributed by atoms with Gasteiger partial charge in [0.2, 0.25) is 11.8 Å². The summed E-state index contributed by atoms with van der Waals surface area (Å²) in [5.74, 6) is -1.93. The van der Waals surface area contributed by atoms with Crippen molar-refractivity contribution in [2.45, 2.75) is 39.3 Å². The van der Waals surface area contributed by atoms with Gasteiger partial charge in [0, 0.05) is 37.2 Å². The summed E-state index contributed by atoms with van der Waals surface area (Å²) in [6, 6.07) is 9.02. The van der Waals surface area contributed by atoms with Crippen LogP contribution in [0, 0.1) is 5.82 Å². The fourth-order valence-corrected chi connectivity index (χ4v) is 4.84. The maximum atomic E-state index is 14.6. The second kappa shape index (κ2) is 13.2. The first-order valence-electron chi connectivity index (χ1n) is 11.4. The fraction of sp³-hybridized carbons (Fsp3) is 0.417. The van der Waals surface area contributed by atoms with Crippen LogP contribution in [0.25, 0.3) is 0 Å². The second-order valence-electron chi connectivity index (χ2n) is 8.33. The molecule has 0 bridgehead atoms. The van der Waals surface area contributed by atoms with E-state index in [0.717, 1.165) is 23.2 Å². The summed E-state index contributed by atoms with van der Waals surface area (Å²) in [7, 11) is -1.70. The van der Waals surface area contributed by atoms with E-state index in [2.05, 4.69) is 5.32 Å². The lowest BCUT2D eigenvalue weighted by atomic mass is 10.1. The zero-order valence-corrected chi connectivity index (χ0v) is 23.0. The van der Waals surface area contributed by atoms with Gasteiger partial charge in [0.15, 0.2) is 0 Å². The molecular formula is C24H31Cl2FN4O4S. The summed E-state index contributed by atoms with van der Waals surface area (Å²) < 4.78 is 42.3. The quantitative estimate of drug-likeness (QED) is 0.396. The van der Waals surface area contributed by atoms with Gasteiger partial charge in [0.05, 0.1) is 5.69 Å². The highest BCUT2D eigenvalue weighted by Gasteiger charge is 2.33. The Bertz CT molecular complexity index is 1180. The zero-order chi connectivity index (χ0) is 27.0. The predicted octanol–water partition coefficient (Wildman–Crippen LogP) is 4.08. The molecule has 2 aromatic carbocycles. The Morgan fingerprint density at radius 3 is 2.36 bits per heavy atom. The monoisotopic (exact) mass is 560 g/mol. The Morgan fingerprint density at radius 2 is 1.78 bits per heavy atom. The van der Waals surface area contributed by atoms with Crippen LogP contribution in [0.3, 0.4) is 0 Å². The molecule has 0 unspecified atom stereocenters. The first-order chi connectivity index (χ1) is 16.9. The highest BCUT2D eigenvalue weighted by molar-refractivity contribution is 7.90. The maximum absolute atomic E-state index is 14.6. The van der Waals surface area contributed by atoms with Crippen molar-refractivity contribution in [3.8, 4) is 0 Å².